The highest BCUT2D eigenvalue weighted by molar-refractivity contribution is 9.10. The molecule has 0 aromatic heterocycles. The van der Waals surface area contributed by atoms with Crippen molar-refractivity contribution in [2.75, 3.05) is 17.1 Å². The summed E-state index contributed by atoms with van der Waals surface area (Å²) in [4.78, 5) is 12.1. The fraction of sp³-hybridized carbons (Fsp3) is 0.316. The maximum atomic E-state index is 12.8. The highest BCUT2D eigenvalue weighted by Gasteiger charge is 2.22. The van der Waals surface area contributed by atoms with Crippen LogP contribution < -0.4 is 14.8 Å². The van der Waals surface area contributed by atoms with Gasteiger partial charge in [0.15, 0.2) is 0 Å². The Balaban J connectivity index is 2.30. The first-order valence-electron chi connectivity index (χ1n) is 8.26. The number of carbonyl (C=O) groups is 1. The van der Waals surface area contributed by atoms with Crippen LogP contribution in [0.2, 0.25) is 0 Å². The van der Waals surface area contributed by atoms with E-state index in [0.717, 1.165) is 4.47 Å². The number of sulfonamides is 1. The normalized spacial score (nSPS) is 11.7. The minimum absolute atomic E-state index is 0.0542. The van der Waals surface area contributed by atoms with E-state index in [1.165, 1.54) is 19.2 Å². The van der Waals surface area contributed by atoms with Crippen molar-refractivity contribution in [1.82, 2.24) is 0 Å². The number of hydrogen-bond donors (Lipinski definition) is 2. The van der Waals surface area contributed by atoms with Crippen LogP contribution in [0.25, 0.3) is 0 Å². The average molecular weight is 455 g/mol. The molecular formula is C19H23BrN2O4S. The first-order chi connectivity index (χ1) is 12.5. The van der Waals surface area contributed by atoms with Crippen molar-refractivity contribution >= 4 is 43.2 Å². The SMILES string of the molecule is COc1ccc(NC(=O)CC(C)(C)C)cc1S(=O)(=O)Nc1ccc(Br)cc1. The number of benzene rings is 2. The van der Waals surface area contributed by atoms with E-state index in [1.54, 1.807) is 30.3 Å². The molecule has 0 heterocycles. The number of amides is 1. The fourth-order valence-corrected chi connectivity index (χ4v) is 3.90. The summed E-state index contributed by atoms with van der Waals surface area (Å²) in [5, 5.41) is 2.74. The van der Waals surface area contributed by atoms with Gasteiger partial charge < -0.3 is 10.1 Å². The van der Waals surface area contributed by atoms with Crippen molar-refractivity contribution in [3.8, 4) is 5.75 Å². The first kappa shape index (κ1) is 21.2. The lowest BCUT2D eigenvalue weighted by molar-refractivity contribution is -0.117. The van der Waals surface area contributed by atoms with Crippen molar-refractivity contribution in [3.63, 3.8) is 0 Å². The molecule has 2 rings (SSSR count). The van der Waals surface area contributed by atoms with Crippen LogP contribution in [-0.4, -0.2) is 21.4 Å². The van der Waals surface area contributed by atoms with Crippen LogP contribution in [0.3, 0.4) is 0 Å². The molecule has 0 aliphatic rings. The van der Waals surface area contributed by atoms with Gasteiger partial charge in [-0.1, -0.05) is 36.7 Å². The summed E-state index contributed by atoms with van der Waals surface area (Å²) in [6.45, 7) is 5.87. The van der Waals surface area contributed by atoms with Gasteiger partial charge in [0.25, 0.3) is 10.0 Å². The second-order valence-corrected chi connectivity index (χ2v) is 9.83. The van der Waals surface area contributed by atoms with Crippen molar-refractivity contribution in [2.24, 2.45) is 5.41 Å². The monoisotopic (exact) mass is 454 g/mol. The lowest BCUT2D eigenvalue weighted by Crippen LogP contribution is -2.20. The first-order valence-corrected chi connectivity index (χ1v) is 10.5. The lowest BCUT2D eigenvalue weighted by atomic mass is 9.92. The molecule has 0 saturated heterocycles. The molecule has 0 fully saturated rings. The van der Waals surface area contributed by atoms with Crippen LogP contribution in [0.1, 0.15) is 27.2 Å². The minimum Gasteiger partial charge on any atom is -0.495 e. The number of nitrogens with one attached hydrogen (secondary N) is 2. The average Bonchev–Trinajstić information content (AvgIpc) is 2.55. The van der Waals surface area contributed by atoms with E-state index < -0.39 is 10.0 Å². The summed E-state index contributed by atoms with van der Waals surface area (Å²) in [5.41, 5.74) is 0.637. The number of halogens is 1. The second kappa shape index (κ2) is 8.31. The lowest BCUT2D eigenvalue weighted by Gasteiger charge is -2.18. The Morgan fingerprint density at radius 3 is 2.22 bits per heavy atom. The van der Waals surface area contributed by atoms with Crippen molar-refractivity contribution in [2.45, 2.75) is 32.1 Å². The third kappa shape index (κ3) is 6.25. The maximum Gasteiger partial charge on any atom is 0.265 e. The van der Waals surface area contributed by atoms with Gasteiger partial charge in [-0.15, -0.1) is 0 Å². The summed E-state index contributed by atoms with van der Waals surface area (Å²) in [5.74, 6) is 0.00492. The van der Waals surface area contributed by atoms with Gasteiger partial charge in [-0.05, 0) is 47.9 Å². The summed E-state index contributed by atoms with van der Waals surface area (Å²) in [7, 11) is -2.51. The molecule has 1 amide bonds. The van der Waals surface area contributed by atoms with Crippen molar-refractivity contribution in [3.05, 3.63) is 46.9 Å². The third-order valence-electron chi connectivity index (χ3n) is 3.52. The van der Waals surface area contributed by atoms with E-state index in [1.807, 2.05) is 20.8 Å². The van der Waals surface area contributed by atoms with Crippen LogP contribution in [-0.2, 0) is 14.8 Å². The minimum atomic E-state index is -3.90. The molecule has 2 aromatic carbocycles. The van der Waals surface area contributed by atoms with E-state index in [-0.39, 0.29) is 22.0 Å². The van der Waals surface area contributed by atoms with Gasteiger partial charge in [0.05, 0.1) is 7.11 Å². The summed E-state index contributed by atoms with van der Waals surface area (Å²) >= 11 is 3.31. The van der Waals surface area contributed by atoms with Crippen LogP contribution in [0.15, 0.2) is 51.8 Å². The molecule has 2 aromatic rings. The summed E-state index contributed by atoms with van der Waals surface area (Å²) in [6.07, 6.45) is 0.318. The van der Waals surface area contributed by atoms with E-state index >= 15 is 0 Å². The number of methoxy groups -OCH3 is 1. The quantitative estimate of drug-likeness (QED) is 0.665. The zero-order valence-corrected chi connectivity index (χ0v) is 18.1. The number of ether oxygens (including phenoxy) is 1. The number of carbonyl (C=O) groups excluding carboxylic acids is 1. The molecule has 2 N–H and O–H groups in total. The van der Waals surface area contributed by atoms with Gasteiger partial charge in [0.2, 0.25) is 5.91 Å². The van der Waals surface area contributed by atoms with Crippen LogP contribution in [0, 0.1) is 5.41 Å². The number of anilines is 2. The van der Waals surface area contributed by atoms with E-state index in [2.05, 4.69) is 26.0 Å². The van der Waals surface area contributed by atoms with Gasteiger partial charge in [0.1, 0.15) is 10.6 Å². The molecule has 8 heteroatoms. The Kier molecular flexibility index (Phi) is 6.54. The smallest absolute Gasteiger partial charge is 0.265 e. The van der Waals surface area contributed by atoms with Gasteiger partial charge in [-0.25, -0.2) is 8.42 Å². The molecule has 0 unspecified atom stereocenters. The highest BCUT2D eigenvalue weighted by atomic mass is 79.9. The molecular weight excluding hydrogens is 432 g/mol. The Labute approximate surface area is 168 Å². The molecule has 0 atom stereocenters. The predicted molar refractivity (Wildman–Crippen MR) is 111 cm³/mol. The van der Waals surface area contributed by atoms with Gasteiger partial charge in [-0.2, -0.15) is 0 Å². The van der Waals surface area contributed by atoms with E-state index in [0.29, 0.717) is 17.8 Å². The molecule has 27 heavy (non-hydrogen) atoms. The molecule has 0 aliphatic heterocycles. The second-order valence-electron chi connectivity index (χ2n) is 7.26. The molecule has 0 bridgehead atoms. The standard InChI is InChI=1S/C19H23BrN2O4S/c1-19(2,3)12-18(23)21-15-9-10-16(26-4)17(11-15)27(24,25)22-14-7-5-13(20)6-8-14/h5-11,22H,12H2,1-4H3,(H,21,23). The number of hydrogen-bond acceptors (Lipinski definition) is 4. The van der Waals surface area contributed by atoms with Crippen molar-refractivity contribution in [1.29, 1.82) is 0 Å². The number of rotatable bonds is 6. The van der Waals surface area contributed by atoms with E-state index in [4.69, 9.17) is 4.74 Å². The highest BCUT2D eigenvalue weighted by Crippen LogP contribution is 2.29. The summed E-state index contributed by atoms with van der Waals surface area (Å²) in [6, 6.07) is 11.3. The topological polar surface area (TPSA) is 84.5 Å². The Morgan fingerprint density at radius 1 is 1.07 bits per heavy atom. The van der Waals surface area contributed by atoms with Crippen LogP contribution in [0.5, 0.6) is 5.75 Å². The molecule has 0 aliphatic carbocycles. The van der Waals surface area contributed by atoms with Crippen LogP contribution in [0.4, 0.5) is 11.4 Å². The molecule has 146 valence electrons. The Morgan fingerprint density at radius 2 is 1.67 bits per heavy atom. The van der Waals surface area contributed by atoms with Gasteiger partial charge in [0, 0.05) is 22.3 Å². The molecule has 0 radical (unpaired) electrons. The van der Waals surface area contributed by atoms with Gasteiger partial charge >= 0.3 is 0 Å². The Bertz CT molecular complexity index is 920. The molecule has 0 saturated carbocycles. The summed E-state index contributed by atoms with van der Waals surface area (Å²) < 4.78 is 34.2. The van der Waals surface area contributed by atoms with E-state index in [9.17, 15) is 13.2 Å². The van der Waals surface area contributed by atoms with Crippen molar-refractivity contribution < 1.29 is 17.9 Å². The van der Waals surface area contributed by atoms with Crippen LogP contribution >= 0.6 is 15.9 Å². The zero-order chi connectivity index (χ0) is 20.2. The third-order valence-corrected chi connectivity index (χ3v) is 5.46. The van der Waals surface area contributed by atoms with Gasteiger partial charge in [-0.3, -0.25) is 9.52 Å². The predicted octanol–water partition coefficient (Wildman–Crippen LogP) is 4.63. The zero-order valence-electron chi connectivity index (χ0n) is 15.7. The largest absolute Gasteiger partial charge is 0.495 e. The fourth-order valence-electron chi connectivity index (χ4n) is 2.38. The molecule has 0 spiro atoms. The Hall–Kier alpha value is -2.06. The maximum absolute atomic E-state index is 12.8. The molecule has 6 nitrogen and oxygen atoms in total.